The van der Waals surface area contributed by atoms with Crippen LogP contribution in [0.3, 0.4) is 0 Å². The van der Waals surface area contributed by atoms with Gasteiger partial charge in [0.1, 0.15) is 12.7 Å². The maximum Gasteiger partial charge on any atom is 0.472 e. The number of ether oxygens (including phenoxy) is 1. The summed E-state index contributed by atoms with van der Waals surface area (Å²) in [6.07, 6.45) is 70.2. The first kappa shape index (κ1) is 63.7. The van der Waals surface area contributed by atoms with Gasteiger partial charge in [0, 0.05) is 19.4 Å². The number of phosphoric ester groups is 1. The molecule has 0 aliphatic heterocycles. The van der Waals surface area contributed by atoms with Crippen molar-refractivity contribution in [1.82, 2.24) is 5.32 Å². The number of hydrogen-bond donors (Lipinski definition) is 3. The molecule has 2 unspecified atom stereocenters. The van der Waals surface area contributed by atoms with Crippen molar-refractivity contribution in [2.45, 2.75) is 213 Å². The standard InChI is InChI=1S/C57H96NO8P/c1-3-5-7-9-11-13-15-17-19-21-23-25-27-29-31-33-35-37-39-41-43-45-47-49-56(60)58-51-52-65-67(62,63)66-54-55(59)53-64-57(61)50-48-46-44-42-40-38-36-34-32-30-28-26-24-22-20-18-16-14-12-10-8-6-4-2/h6,8,11-14,17-20,23-26,29-32,55,59H,3-5,7,9-10,15-16,21-22,27-28,33-54H2,1-2H3,(H,58,60)(H,62,63)/b8-6-,13-11-,14-12-,19-17-,20-18-,25-23-,26-24-,31-29-,32-30-. The van der Waals surface area contributed by atoms with E-state index in [4.69, 9.17) is 13.8 Å². The lowest BCUT2D eigenvalue weighted by atomic mass is 10.1. The zero-order valence-corrected chi connectivity index (χ0v) is 43.2. The van der Waals surface area contributed by atoms with Gasteiger partial charge in [0.15, 0.2) is 0 Å². The molecular weight excluding hydrogens is 858 g/mol. The Labute approximate surface area is 409 Å². The monoisotopic (exact) mass is 954 g/mol. The predicted octanol–water partition coefficient (Wildman–Crippen LogP) is 15.9. The van der Waals surface area contributed by atoms with Gasteiger partial charge in [-0.05, 0) is 103 Å². The number of rotatable bonds is 48. The van der Waals surface area contributed by atoms with E-state index in [1.165, 1.54) is 70.6 Å². The highest BCUT2D eigenvalue weighted by Crippen LogP contribution is 2.42. The fraction of sp³-hybridized carbons (Fsp3) is 0.649. The molecule has 0 radical (unpaired) electrons. The molecule has 0 aliphatic carbocycles. The lowest BCUT2D eigenvalue weighted by Crippen LogP contribution is -2.27. The van der Waals surface area contributed by atoms with Gasteiger partial charge in [-0.15, -0.1) is 0 Å². The topological polar surface area (TPSA) is 131 Å². The van der Waals surface area contributed by atoms with E-state index in [9.17, 15) is 24.2 Å². The summed E-state index contributed by atoms with van der Waals surface area (Å²) in [6.45, 7) is 3.38. The number of nitrogens with one attached hydrogen (secondary N) is 1. The third kappa shape index (κ3) is 53.5. The molecule has 2 atom stereocenters. The lowest BCUT2D eigenvalue weighted by Gasteiger charge is -2.15. The fourth-order valence-corrected chi connectivity index (χ4v) is 7.50. The van der Waals surface area contributed by atoms with Crippen molar-refractivity contribution in [2.75, 3.05) is 26.4 Å². The summed E-state index contributed by atoms with van der Waals surface area (Å²) in [5, 5.41) is 12.8. The van der Waals surface area contributed by atoms with Gasteiger partial charge >= 0.3 is 13.8 Å². The Kier molecular flexibility index (Phi) is 49.5. The van der Waals surface area contributed by atoms with E-state index in [0.29, 0.717) is 6.42 Å². The van der Waals surface area contributed by atoms with Crippen molar-refractivity contribution in [1.29, 1.82) is 0 Å². The number of phosphoric acid groups is 1. The Morgan fingerprint density at radius 1 is 0.478 bits per heavy atom. The number of aliphatic hydroxyl groups excluding tert-OH is 1. The molecule has 0 spiro atoms. The molecule has 3 N–H and O–H groups in total. The molecule has 0 bridgehead atoms. The quantitative estimate of drug-likeness (QED) is 0.0238. The third-order valence-corrected chi connectivity index (χ3v) is 11.7. The van der Waals surface area contributed by atoms with Crippen LogP contribution in [0.2, 0.25) is 0 Å². The summed E-state index contributed by atoms with van der Waals surface area (Å²) in [6, 6.07) is 0. The second kappa shape index (κ2) is 52.0. The molecule has 0 saturated carbocycles. The zero-order chi connectivity index (χ0) is 48.8. The minimum absolute atomic E-state index is 0.0676. The normalized spacial score (nSPS) is 14.0. The molecule has 0 fully saturated rings. The average molecular weight is 954 g/mol. The first-order valence-electron chi connectivity index (χ1n) is 26.4. The molecule has 0 rings (SSSR count). The summed E-state index contributed by atoms with van der Waals surface area (Å²) < 4.78 is 27.0. The number of carbonyl (C=O) groups is 2. The van der Waals surface area contributed by atoms with Crippen LogP contribution in [0.25, 0.3) is 0 Å². The second-order valence-electron chi connectivity index (χ2n) is 17.1. The van der Waals surface area contributed by atoms with Crippen LogP contribution in [0, 0.1) is 0 Å². The predicted molar refractivity (Wildman–Crippen MR) is 284 cm³/mol. The summed E-state index contributed by atoms with van der Waals surface area (Å²) in [4.78, 5) is 34.1. The maximum atomic E-state index is 12.2. The van der Waals surface area contributed by atoms with Gasteiger partial charge in [0.25, 0.3) is 0 Å². The Bertz CT molecular complexity index is 1460. The van der Waals surface area contributed by atoms with E-state index in [-0.39, 0.29) is 32.1 Å². The Balaban J connectivity index is 3.64. The number of amides is 1. The van der Waals surface area contributed by atoms with Crippen LogP contribution in [0.4, 0.5) is 0 Å². The molecule has 9 nitrogen and oxygen atoms in total. The Hall–Kier alpha value is -3.33. The van der Waals surface area contributed by atoms with E-state index in [2.05, 4.69) is 129 Å². The van der Waals surface area contributed by atoms with Crippen LogP contribution >= 0.6 is 7.82 Å². The van der Waals surface area contributed by atoms with E-state index in [1.807, 2.05) is 0 Å². The first-order valence-corrected chi connectivity index (χ1v) is 27.9. The lowest BCUT2D eigenvalue weighted by molar-refractivity contribution is -0.147. The molecular formula is C57H96NO8P. The van der Waals surface area contributed by atoms with Crippen molar-refractivity contribution in [2.24, 2.45) is 0 Å². The van der Waals surface area contributed by atoms with E-state index in [0.717, 1.165) is 109 Å². The fourth-order valence-electron chi connectivity index (χ4n) is 6.74. The number of carbonyl (C=O) groups excluding carboxylic acids is 2. The third-order valence-electron chi connectivity index (χ3n) is 10.7. The van der Waals surface area contributed by atoms with Crippen LogP contribution in [-0.4, -0.2) is 54.3 Å². The summed E-state index contributed by atoms with van der Waals surface area (Å²) in [7, 11) is -4.44. The smallest absolute Gasteiger partial charge is 0.463 e. The van der Waals surface area contributed by atoms with Crippen LogP contribution < -0.4 is 5.32 Å². The second-order valence-corrected chi connectivity index (χ2v) is 18.6. The summed E-state index contributed by atoms with van der Waals surface area (Å²) in [5.74, 6) is -0.544. The maximum absolute atomic E-state index is 12.2. The Morgan fingerprint density at radius 3 is 1.28 bits per heavy atom. The van der Waals surface area contributed by atoms with Crippen molar-refractivity contribution < 1.29 is 37.9 Å². The van der Waals surface area contributed by atoms with Crippen LogP contribution in [0.15, 0.2) is 109 Å². The van der Waals surface area contributed by atoms with E-state index >= 15 is 0 Å². The van der Waals surface area contributed by atoms with Crippen LogP contribution in [-0.2, 0) is 27.9 Å². The number of hydrogen-bond acceptors (Lipinski definition) is 7. The number of esters is 1. The SMILES string of the molecule is CC/C=C\C/C=C\C/C=C\C/C=C\C/C=C\CCCCCCCCCC(=O)OCC(O)COP(=O)(O)OCCNC(=O)CCCCCCCCC/C=C\C/C=C\C/C=C\C/C=C\CCCCC. The van der Waals surface area contributed by atoms with Crippen molar-refractivity contribution in [3.63, 3.8) is 0 Å². The molecule has 382 valence electrons. The highest BCUT2D eigenvalue weighted by atomic mass is 31.2. The average Bonchev–Trinajstić information content (AvgIpc) is 3.32. The largest absolute Gasteiger partial charge is 0.472 e. The molecule has 1 amide bonds. The van der Waals surface area contributed by atoms with Crippen LogP contribution in [0.1, 0.15) is 206 Å². The molecule has 67 heavy (non-hydrogen) atoms. The van der Waals surface area contributed by atoms with E-state index < -0.39 is 26.5 Å². The van der Waals surface area contributed by atoms with Gasteiger partial charge < -0.3 is 20.1 Å². The van der Waals surface area contributed by atoms with Gasteiger partial charge in [-0.3, -0.25) is 18.6 Å². The zero-order valence-electron chi connectivity index (χ0n) is 42.3. The highest BCUT2D eigenvalue weighted by molar-refractivity contribution is 7.47. The van der Waals surface area contributed by atoms with Gasteiger partial charge in [0.2, 0.25) is 5.91 Å². The molecule has 0 aromatic rings. The van der Waals surface area contributed by atoms with Gasteiger partial charge in [-0.25, -0.2) is 4.57 Å². The van der Waals surface area contributed by atoms with Crippen molar-refractivity contribution in [3.8, 4) is 0 Å². The molecule has 0 saturated heterocycles. The van der Waals surface area contributed by atoms with E-state index in [1.54, 1.807) is 0 Å². The molecule has 0 aromatic carbocycles. The van der Waals surface area contributed by atoms with Gasteiger partial charge in [0.05, 0.1) is 13.2 Å². The van der Waals surface area contributed by atoms with Crippen LogP contribution in [0.5, 0.6) is 0 Å². The number of allylic oxidation sites excluding steroid dienone is 18. The first-order chi connectivity index (χ1) is 32.8. The minimum atomic E-state index is -4.44. The minimum Gasteiger partial charge on any atom is -0.463 e. The number of aliphatic hydroxyl groups is 1. The number of unbranched alkanes of at least 4 members (excludes halogenated alkanes) is 17. The highest BCUT2D eigenvalue weighted by Gasteiger charge is 2.23. The van der Waals surface area contributed by atoms with Crippen molar-refractivity contribution >= 4 is 19.7 Å². The molecule has 0 aromatic heterocycles. The summed E-state index contributed by atoms with van der Waals surface area (Å²) in [5.41, 5.74) is 0. The Morgan fingerprint density at radius 2 is 0.851 bits per heavy atom. The van der Waals surface area contributed by atoms with Gasteiger partial charge in [-0.2, -0.15) is 0 Å². The summed E-state index contributed by atoms with van der Waals surface area (Å²) >= 11 is 0. The molecule has 0 heterocycles. The molecule has 0 aliphatic rings. The molecule has 10 heteroatoms. The van der Waals surface area contributed by atoms with Crippen molar-refractivity contribution in [3.05, 3.63) is 109 Å². The van der Waals surface area contributed by atoms with Gasteiger partial charge in [-0.1, -0.05) is 200 Å².